The molecule has 114 valence electrons. The molecule has 0 saturated heterocycles. The molecule has 1 aliphatic carbocycles. The minimum absolute atomic E-state index is 0. The number of nitrogens with zero attached hydrogens (tertiary/aromatic N) is 1. The minimum Gasteiger partial charge on any atom is -0.384 e. The predicted molar refractivity (Wildman–Crippen MR) is 88.1 cm³/mol. The number of amides is 1. The highest BCUT2D eigenvalue weighted by Crippen LogP contribution is 2.45. The molecule has 5 N–H and O–H groups in total. The van der Waals surface area contributed by atoms with Crippen molar-refractivity contribution >= 4 is 24.3 Å². The summed E-state index contributed by atoms with van der Waals surface area (Å²) >= 11 is 0. The molecule has 6 heteroatoms. The van der Waals surface area contributed by atoms with E-state index in [-0.39, 0.29) is 18.4 Å². The number of aliphatic hydroxyl groups is 1. The molecule has 0 fully saturated rings. The van der Waals surface area contributed by atoms with Crippen LogP contribution in [0, 0.1) is 6.92 Å². The zero-order chi connectivity index (χ0) is 15.1. The number of guanidine groups is 1. The van der Waals surface area contributed by atoms with Gasteiger partial charge >= 0.3 is 0 Å². The Bertz CT molecular complexity index is 783. The molecule has 0 aliphatic heterocycles. The number of carbonyl (C=O) groups is 1. The van der Waals surface area contributed by atoms with Gasteiger partial charge in [0.25, 0.3) is 5.91 Å². The summed E-state index contributed by atoms with van der Waals surface area (Å²) in [6.07, 6.45) is -0.734. The third-order valence-electron chi connectivity index (χ3n) is 3.69. The first kappa shape index (κ1) is 16.0. The molecule has 3 rings (SSSR count). The molecule has 0 heterocycles. The number of hydrogen-bond acceptors (Lipinski definition) is 2. The molecule has 1 amide bonds. The summed E-state index contributed by atoms with van der Waals surface area (Å²) < 4.78 is 0. The predicted octanol–water partition coefficient (Wildman–Crippen LogP) is 1.89. The van der Waals surface area contributed by atoms with Gasteiger partial charge in [-0.2, -0.15) is 4.99 Å². The topological polar surface area (TPSA) is 102 Å². The SMILES string of the molecule is Cc1cccc2c1-c1ccc(C(=O)N=C(N)N)cc1C2O.Cl. The lowest BCUT2D eigenvalue weighted by Crippen LogP contribution is -2.24. The van der Waals surface area contributed by atoms with Gasteiger partial charge in [0.1, 0.15) is 6.10 Å². The zero-order valence-electron chi connectivity index (χ0n) is 11.9. The van der Waals surface area contributed by atoms with Crippen LogP contribution in [0.5, 0.6) is 0 Å². The Hall–Kier alpha value is -2.37. The van der Waals surface area contributed by atoms with Gasteiger partial charge in [-0.1, -0.05) is 24.3 Å². The third-order valence-corrected chi connectivity index (χ3v) is 3.69. The van der Waals surface area contributed by atoms with Crippen molar-refractivity contribution in [2.24, 2.45) is 16.5 Å². The van der Waals surface area contributed by atoms with E-state index in [4.69, 9.17) is 11.5 Å². The van der Waals surface area contributed by atoms with Crippen LogP contribution in [0.2, 0.25) is 0 Å². The largest absolute Gasteiger partial charge is 0.384 e. The summed E-state index contributed by atoms with van der Waals surface area (Å²) in [5.41, 5.74) is 15.4. The molecule has 2 aromatic carbocycles. The Morgan fingerprint density at radius 1 is 1.18 bits per heavy atom. The van der Waals surface area contributed by atoms with Crippen LogP contribution >= 0.6 is 12.4 Å². The number of aryl methyl sites for hydroxylation is 1. The van der Waals surface area contributed by atoms with Crippen LogP contribution in [-0.2, 0) is 0 Å². The van der Waals surface area contributed by atoms with E-state index in [9.17, 15) is 9.90 Å². The molecule has 1 aliphatic rings. The molecule has 0 saturated carbocycles. The van der Waals surface area contributed by atoms with Crippen LogP contribution in [0.4, 0.5) is 0 Å². The average Bonchev–Trinajstić information content (AvgIpc) is 2.72. The van der Waals surface area contributed by atoms with Crippen LogP contribution in [-0.4, -0.2) is 17.0 Å². The van der Waals surface area contributed by atoms with Crippen LogP contribution in [0.25, 0.3) is 11.1 Å². The molecule has 1 atom stereocenters. The lowest BCUT2D eigenvalue weighted by Gasteiger charge is -2.06. The lowest BCUT2D eigenvalue weighted by atomic mass is 9.99. The van der Waals surface area contributed by atoms with Crippen molar-refractivity contribution in [2.75, 3.05) is 0 Å². The highest BCUT2D eigenvalue weighted by Gasteiger charge is 2.28. The Morgan fingerprint density at radius 2 is 1.91 bits per heavy atom. The van der Waals surface area contributed by atoms with Crippen molar-refractivity contribution in [2.45, 2.75) is 13.0 Å². The fourth-order valence-electron chi connectivity index (χ4n) is 2.79. The maximum Gasteiger partial charge on any atom is 0.280 e. The van der Waals surface area contributed by atoms with E-state index in [0.717, 1.165) is 22.3 Å². The molecular weight excluding hydrogens is 302 g/mol. The first-order chi connectivity index (χ1) is 9.99. The van der Waals surface area contributed by atoms with Crippen molar-refractivity contribution in [1.29, 1.82) is 0 Å². The number of rotatable bonds is 1. The second kappa shape index (κ2) is 5.79. The summed E-state index contributed by atoms with van der Waals surface area (Å²) in [6.45, 7) is 2.00. The van der Waals surface area contributed by atoms with Crippen LogP contribution in [0.3, 0.4) is 0 Å². The van der Waals surface area contributed by atoms with Crippen molar-refractivity contribution in [1.82, 2.24) is 0 Å². The number of hydrogen-bond donors (Lipinski definition) is 3. The van der Waals surface area contributed by atoms with Gasteiger partial charge in [-0.05, 0) is 46.9 Å². The quantitative estimate of drug-likeness (QED) is 0.552. The normalized spacial score (nSPS) is 14.5. The number of nitrogens with two attached hydrogens (primary N) is 2. The lowest BCUT2D eigenvalue weighted by molar-refractivity contribution is 0.100. The second-order valence-electron chi connectivity index (χ2n) is 5.09. The maximum atomic E-state index is 11.9. The third kappa shape index (κ3) is 2.45. The molecule has 0 bridgehead atoms. The smallest absolute Gasteiger partial charge is 0.280 e. The molecule has 0 radical (unpaired) electrons. The molecule has 5 nitrogen and oxygen atoms in total. The van der Waals surface area contributed by atoms with Crippen LogP contribution < -0.4 is 11.5 Å². The summed E-state index contributed by atoms with van der Waals surface area (Å²) in [5.74, 6) is -0.794. The number of fused-ring (bicyclic) bond motifs is 3. The fraction of sp³-hybridized carbons (Fsp3) is 0.125. The fourth-order valence-corrected chi connectivity index (χ4v) is 2.79. The maximum absolute atomic E-state index is 11.9. The number of aliphatic hydroxyl groups excluding tert-OH is 1. The highest BCUT2D eigenvalue weighted by molar-refractivity contribution is 6.02. The molecule has 22 heavy (non-hydrogen) atoms. The molecule has 1 unspecified atom stereocenters. The molecular formula is C16H16ClN3O2. The Labute approximate surface area is 134 Å². The van der Waals surface area contributed by atoms with Gasteiger partial charge in [0, 0.05) is 5.56 Å². The van der Waals surface area contributed by atoms with E-state index in [1.165, 1.54) is 0 Å². The van der Waals surface area contributed by atoms with Gasteiger partial charge in [-0.3, -0.25) is 4.79 Å². The molecule has 2 aromatic rings. The second-order valence-corrected chi connectivity index (χ2v) is 5.09. The van der Waals surface area contributed by atoms with Gasteiger partial charge in [-0.25, -0.2) is 0 Å². The minimum atomic E-state index is -0.734. The Kier molecular flexibility index (Phi) is 4.21. The van der Waals surface area contributed by atoms with E-state index in [2.05, 4.69) is 4.99 Å². The highest BCUT2D eigenvalue weighted by atomic mass is 35.5. The summed E-state index contributed by atoms with van der Waals surface area (Å²) in [5, 5.41) is 10.4. The van der Waals surface area contributed by atoms with E-state index in [0.29, 0.717) is 11.1 Å². The zero-order valence-corrected chi connectivity index (χ0v) is 12.7. The van der Waals surface area contributed by atoms with Crippen LogP contribution in [0.15, 0.2) is 41.4 Å². The molecule has 0 aromatic heterocycles. The first-order valence-electron chi connectivity index (χ1n) is 6.55. The number of benzene rings is 2. The van der Waals surface area contributed by atoms with E-state index >= 15 is 0 Å². The van der Waals surface area contributed by atoms with Gasteiger partial charge < -0.3 is 16.6 Å². The van der Waals surface area contributed by atoms with Crippen molar-refractivity contribution in [3.63, 3.8) is 0 Å². The summed E-state index contributed by atoms with van der Waals surface area (Å²) in [7, 11) is 0. The van der Waals surface area contributed by atoms with E-state index in [1.807, 2.05) is 31.2 Å². The van der Waals surface area contributed by atoms with Crippen molar-refractivity contribution < 1.29 is 9.90 Å². The summed E-state index contributed by atoms with van der Waals surface area (Å²) in [4.78, 5) is 15.4. The van der Waals surface area contributed by atoms with Crippen molar-refractivity contribution in [3.8, 4) is 11.1 Å². The van der Waals surface area contributed by atoms with Gasteiger partial charge in [0.05, 0.1) is 0 Å². The first-order valence-corrected chi connectivity index (χ1v) is 6.55. The van der Waals surface area contributed by atoms with Gasteiger partial charge in [0.15, 0.2) is 5.96 Å². The van der Waals surface area contributed by atoms with E-state index in [1.54, 1.807) is 12.1 Å². The van der Waals surface area contributed by atoms with Crippen LogP contribution in [0.1, 0.15) is 33.2 Å². The summed E-state index contributed by atoms with van der Waals surface area (Å²) in [6, 6.07) is 10.9. The number of carbonyl (C=O) groups excluding carboxylic acids is 1. The number of halogens is 1. The van der Waals surface area contributed by atoms with Gasteiger partial charge in [-0.15, -0.1) is 12.4 Å². The molecule has 0 spiro atoms. The van der Waals surface area contributed by atoms with Crippen molar-refractivity contribution in [3.05, 3.63) is 58.7 Å². The number of aliphatic imine (C=N–C) groups is 1. The Morgan fingerprint density at radius 3 is 2.59 bits per heavy atom. The monoisotopic (exact) mass is 317 g/mol. The average molecular weight is 318 g/mol. The standard InChI is InChI=1S/C16H15N3O2.ClH/c1-8-3-2-4-11-13(8)10-6-5-9(7-12(10)14(11)20)15(21)19-16(17)18;/h2-7,14,20H,1H3,(H4,17,18,19,21);1H. The van der Waals surface area contributed by atoms with Gasteiger partial charge in [0.2, 0.25) is 0 Å². The van der Waals surface area contributed by atoms with E-state index < -0.39 is 12.0 Å². The Balaban J connectivity index is 0.00000176.